The number of halogens is 2. The molecule has 3 rings (SSSR count). The van der Waals surface area contributed by atoms with E-state index in [4.69, 9.17) is 11.6 Å². The molecule has 1 N–H and O–H groups in total. The minimum Gasteiger partial charge on any atom is -0.305 e. The molecule has 0 aliphatic heterocycles. The van der Waals surface area contributed by atoms with E-state index in [1.807, 2.05) is 60.1 Å². The van der Waals surface area contributed by atoms with Crippen LogP contribution in [0.25, 0.3) is 0 Å². The van der Waals surface area contributed by atoms with Gasteiger partial charge in [-0.3, -0.25) is 9.48 Å². The molecule has 0 saturated carbocycles. The lowest BCUT2D eigenvalue weighted by atomic mass is 10.2. The van der Waals surface area contributed by atoms with Gasteiger partial charge >= 0.3 is 0 Å². The molecule has 24 heavy (non-hydrogen) atoms. The van der Waals surface area contributed by atoms with Crippen LogP contribution in [-0.4, -0.2) is 15.7 Å². The van der Waals surface area contributed by atoms with E-state index in [9.17, 15) is 4.79 Å². The monoisotopic (exact) mass is 403 g/mol. The molecule has 0 aliphatic rings. The predicted octanol–water partition coefficient (Wildman–Crippen LogP) is 4.91. The lowest BCUT2D eigenvalue weighted by Crippen LogP contribution is -2.13. The Hall–Kier alpha value is -2.11. The fourth-order valence-electron chi connectivity index (χ4n) is 2.32. The van der Waals surface area contributed by atoms with Gasteiger partial charge in [-0.05, 0) is 52.7 Å². The Morgan fingerprint density at radius 2 is 1.92 bits per heavy atom. The minimum atomic E-state index is -0.196. The molecule has 0 spiro atoms. The highest BCUT2D eigenvalue weighted by molar-refractivity contribution is 9.10. The van der Waals surface area contributed by atoms with Crippen molar-refractivity contribution in [3.05, 3.63) is 80.9 Å². The molecule has 0 saturated heterocycles. The predicted molar refractivity (Wildman–Crippen MR) is 99.6 cm³/mol. The summed E-state index contributed by atoms with van der Waals surface area (Å²) >= 11 is 9.29. The van der Waals surface area contributed by atoms with E-state index < -0.39 is 0 Å². The van der Waals surface area contributed by atoms with Crippen LogP contribution in [0.2, 0.25) is 5.02 Å². The largest absolute Gasteiger partial charge is 0.305 e. The normalized spacial score (nSPS) is 10.6. The Balaban J connectivity index is 1.75. The average molecular weight is 405 g/mol. The number of aryl methyl sites for hydroxylation is 1. The van der Waals surface area contributed by atoms with Gasteiger partial charge < -0.3 is 5.32 Å². The van der Waals surface area contributed by atoms with Crippen LogP contribution in [-0.2, 0) is 6.54 Å². The number of carbonyl (C=O) groups excluding carboxylic acids is 1. The summed E-state index contributed by atoms with van der Waals surface area (Å²) in [7, 11) is 0. The Kier molecular flexibility index (Phi) is 5.02. The highest BCUT2D eigenvalue weighted by Crippen LogP contribution is 2.18. The van der Waals surface area contributed by atoms with Crippen molar-refractivity contribution >= 4 is 39.3 Å². The third kappa shape index (κ3) is 3.86. The minimum absolute atomic E-state index is 0.196. The molecule has 3 aromatic rings. The summed E-state index contributed by atoms with van der Waals surface area (Å²) in [6.45, 7) is 2.57. The van der Waals surface area contributed by atoms with Gasteiger partial charge in [0.2, 0.25) is 0 Å². The van der Waals surface area contributed by atoms with E-state index in [-0.39, 0.29) is 5.91 Å². The summed E-state index contributed by atoms with van der Waals surface area (Å²) in [5.41, 5.74) is 2.63. The van der Waals surface area contributed by atoms with Crippen molar-refractivity contribution in [1.82, 2.24) is 9.78 Å². The number of hydrogen-bond acceptors (Lipinski definition) is 2. The summed E-state index contributed by atoms with van der Waals surface area (Å²) in [4.78, 5) is 12.3. The molecule has 0 unspecified atom stereocenters. The maximum Gasteiger partial charge on any atom is 0.258 e. The molecule has 6 heteroatoms. The van der Waals surface area contributed by atoms with Crippen LogP contribution in [0, 0.1) is 6.92 Å². The molecular weight excluding hydrogens is 390 g/mol. The second-order valence-corrected chi connectivity index (χ2v) is 6.68. The van der Waals surface area contributed by atoms with Crippen molar-refractivity contribution in [2.45, 2.75) is 13.5 Å². The first kappa shape index (κ1) is 16.7. The standard InChI is InChI=1S/C18H15BrClN3O/c1-12-10-17(21-18(24)15-4-2-3-5-16(15)19)22-23(12)11-13-6-8-14(20)9-7-13/h2-10H,11H2,1H3,(H,21,22,24). The van der Waals surface area contributed by atoms with Crippen LogP contribution in [0.5, 0.6) is 0 Å². The quantitative estimate of drug-likeness (QED) is 0.672. The third-order valence-corrected chi connectivity index (χ3v) is 4.53. The Morgan fingerprint density at radius 3 is 2.62 bits per heavy atom. The van der Waals surface area contributed by atoms with E-state index in [1.165, 1.54) is 0 Å². The summed E-state index contributed by atoms with van der Waals surface area (Å²) in [5.74, 6) is 0.334. The van der Waals surface area contributed by atoms with Gasteiger partial charge in [0, 0.05) is 21.3 Å². The second kappa shape index (κ2) is 7.20. The summed E-state index contributed by atoms with van der Waals surface area (Å²) < 4.78 is 2.60. The van der Waals surface area contributed by atoms with Crippen LogP contribution < -0.4 is 5.32 Å². The average Bonchev–Trinajstić information content (AvgIpc) is 2.89. The van der Waals surface area contributed by atoms with E-state index in [0.29, 0.717) is 22.9 Å². The topological polar surface area (TPSA) is 46.9 Å². The summed E-state index contributed by atoms with van der Waals surface area (Å²) in [6, 6.07) is 16.8. The molecule has 1 aromatic heterocycles. The van der Waals surface area contributed by atoms with Crippen LogP contribution in [0.15, 0.2) is 59.1 Å². The second-order valence-electron chi connectivity index (χ2n) is 5.39. The fourth-order valence-corrected chi connectivity index (χ4v) is 2.91. The van der Waals surface area contributed by atoms with Gasteiger partial charge in [0.15, 0.2) is 5.82 Å². The van der Waals surface area contributed by atoms with Crippen LogP contribution in [0.1, 0.15) is 21.6 Å². The summed E-state index contributed by atoms with van der Waals surface area (Å²) in [5, 5.41) is 8.00. The van der Waals surface area contributed by atoms with Gasteiger partial charge in [0.25, 0.3) is 5.91 Å². The molecule has 0 fully saturated rings. The Bertz CT molecular complexity index is 874. The number of nitrogens with one attached hydrogen (secondary N) is 1. The number of hydrogen-bond donors (Lipinski definition) is 1. The maximum absolute atomic E-state index is 12.3. The maximum atomic E-state index is 12.3. The zero-order valence-electron chi connectivity index (χ0n) is 13.0. The molecular formula is C18H15BrClN3O. The van der Waals surface area contributed by atoms with E-state index in [0.717, 1.165) is 15.7 Å². The number of nitrogens with zero attached hydrogens (tertiary/aromatic N) is 2. The van der Waals surface area contributed by atoms with Crippen molar-refractivity contribution in [2.24, 2.45) is 0 Å². The van der Waals surface area contributed by atoms with Gasteiger partial charge in [-0.1, -0.05) is 35.9 Å². The number of rotatable bonds is 4. The number of anilines is 1. The van der Waals surface area contributed by atoms with Crippen LogP contribution >= 0.6 is 27.5 Å². The Morgan fingerprint density at radius 1 is 1.21 bits per heavy atom. The molecule has 0 radical (unpaired) electrons. The molecule has 0 bridgehead atoms. The molecule has 0 atom stereocenters. The van der Waals surface area contributed by atoms with Crippen molar-refractivity contribution in [3.63, 3.8) is 0 Å². The van der Waals surface area contributed by atoms with Crippen molar-refractivity contribution < 1.29 is 4.79 Å². The van der Waals surface area contributed by atoms with Gasteiger partial charge in [0.1, 0.15) is 0 Å². The molecule has 0 aliphatic carbocycles. The Labute approximate surface area is 153 Å². The lowest BCUT2D eigenvalue weighted by molar-refractivity contribution is 0.102. The highest BCUT2D eigenvalue weighted by Gasteiger charge is 2.12. The molecule has 2 aromatic carbocycles. The van der Waals surface area contributed by atoms with E-state index in [2.05, 4.69) is 26.3 Å². The highest BCUT2D eigenvalue weighted by atomic mass is 79.9. The lowest BCUT2D eigenvalue weighted by Gasteiger charge is -2.05. The van der Waals surface area contributed by atoms with Gasteiger partial charge in [0.05, 0.1) is 12.1 Å². The SMILES string of the molecule is Cc1cc(NC(=O)c2ccccc2Br)nn1Cc1ccc(Cl)cc1. The van der Waals surface area contributed by atoms with Crippen LogP contribution in [0.3, 0.4) is 0 Å². The first-order valence-corrected chi connectivity index (χ1v) is 8.55. The number of carbonyl (C=O) groups is 1. The first-order valence-electron chi connectivity index (χ1n) is 7.38. The molecule has 122 valence electrons. The van der Waals surface area contributed by atoms with Gasteiger partial charge in [-0.25, -0.2) is 0 Å². The molecule has 4 nitrogen and oxygen atoms in total. The zero-order valence-corrected chi connectivity index (χ0v) is 15.3. The van der Waals surface area contributed by atoms with Crippen molar-refractivity contribution in [2.75, 3.05) is 5.32 Å². The summed E-state index contributed by atoms with van der Waals surface area (Å²) in [6.07, 6.45) is 0. The molecule has 1 amide bonds. The van der Waals surface area contributed by atoms with E-state index >= 15 is 0 Å². The van der Waals surface area contributed by atoms with Crippen molar-refractivity contribution in [1.29, 1.82) is 0 Å². The number of aromatic nitrogens is 2. The fraction of sp³-hybridized carbons (Fsp3) is 0.111. The smallest absolute Gasteiger partial charge is 0.258 e. The number of amides is 1. The van der Waals surface area contributed by atoms with Crippen LogP contribution in [0.4, 0.5) is 5.82 Å². The van der Waals surface area contributed by atoms with Gasteiger partial charge in [-0.2, -0.15) is 5.10 Å². The third-order valence-electron chi connectivity index (χ3n) is 3.59. The van der Waals surface area contributed by atoms with Crippen molar-refractivity contribution in [3.8, 4) is 0 Å². The van der Waals surface area contributed by atoms with E-state index in [1.54, 1.807) is 6.07 Å². The zero-order chi connectivity index (χ0) is 17.1. The first-order chi connectivity index (χ1) is 11.5. The number of benzene rings is 2. The molecule has 1 heterocycles. The van der Waals surface area contributed by atoms with Gasteiger partial charge in [-0.15, -0.1) is 0 Å².